The Labute approximate surface area is 235 Å². The Morgan fingerprint density at radius 1 is 0.850 bits per heavy atom. The first-order valence-electron chi connectivity index (χ1n) is 13.2. The molecule has 2 aromatic carbocycles. The molecule has 3 aromatic rings. The van der Waals surface area contributed by atoms with Crippen LogP contribution < -0.4 is 4.74 Å². The number of carboxylic acids is 1. The topological polar surface area (TPSA) is 133 Å². The fourth-order valence-corrected chi connectivity index (χ4v) is 5.07. The molecule has 0 unspecified atom stereocenters. The van der Waals surface area contributed by atoms with Crippen molar-refractivity contribution in [3.8, 4) is 5.75 Å². The third-order valence-corrected chi connectivity index (χ3v) is 7.53. The minimum Gasteiger partial charge on any atom is -0.493 e. The molecule has 0 fully saturated rings. The van der Waals surface area contributed by atoms with Gasteiger partial charge >= 0.3 is 11.9 Å². The average Bonchev–Trinajstić information content (AvgIpc) is 2.89. The summed E-state index contributed by atoms with van der Waals surface area (Å²) in [5, 5.41) is 8.91. The van der Waals surface area contributed by atoms with E-state index in [1.165, 1.54) is 17.7 Å². The maximum absolute atomic E-state index is 12.7. The van der Waals surface area contributed by atoms with Crippen molar-refractivity contribution in [3.63, 3.8) is 0 Å². The van der Waals surface area contributed by atoms with Gasteiger partial charge in [-0.25, -0.2) is 23.2 Å². The number of carbonyl (C=O) groups excluding carboxylic acids is 1. The van der Waals surface area contributed by atoms with Crippen molar-refractivity contribution in [3.05, 3.63) is 83.4 Å². The largest absolute Gasteiger partial charge is 0.493 e. The van der Waals surface area contributed by atoms with Gasteiger partial charge in [0.25, 0.3) is 0 Å². The molecule has 0 atom stereocenters. The van der Waals surface area contributed by atoms with Crippen LogP contribution in [0.25, 0.3) is 0 Å². The highest BCUT2D eigenvalue weighted by Crippen LogP contribution is 2.20. The fourth-order valence-electron chi connectivity index (χ4n) is 3.86. The summed E-state index contributed by atoms with van der Waals surface area (Å²) in [6.07, 6.45) is 7.11. The Kier molecular flexibility index (Phi) is 10.8. The van der Waals surface area contributed by atoms with Gasteiger partial charge in [0, 0.05) is 25.2 Å². The van der Waals surface area contributed by atoms with Crippen LogP contribution >= 0.6 is 0 Å². The Balaban J connectivity index is 1.38. The number of rotatable bonds is 14. The van der Waals surface area contributed by atoms with Gasteiger partial charge in [0.05, 0.1) is 17.1 Å². The number of hydrogen-bond donors (Lipinski definition) is 1. The number of nitrogens with zero attached hydrogens (tertiary/aromatic N) is 2. The number of aromatic nitrogens is 2. The first-order valence-corrected chi connectivity index (χ1v) is 14.9. The molecule has 0 spiro atoms. The molecule has 1 N–H and O–H groups in total. The summed E-state index contributed by atoms with van der Waals surface area (Å²) >= 11 is 0. The van der Waals surface area contributed by atoms with Crippen LogP contribution in [0.3, 0.4) is 0 Å². The maximum Gasteiger partial charge on any atom is 0.338 e. The monoisotopic (exact) mass is 568 g/mol. The highest BCUT2D eigenvalue weighted by atomic mass is 32.2. The lowest BCUT2D eigenvalue weighted by atomic mass is 10.0. The van der Waals surface area contributed by atoms with E-state index in [0.717, 1.165) is 43.6 Å². The Morgan fingerprint density at radius 3 is 2.02 bits per heavy atom. The van der Waals surface area contributed by atoms with Crippen molar-refractivity contribution in [1.82, 2.24) is 9.97 Å². The lowest BCUT2D eigenvalue weighted by molar-refractivity contribution is -0.154. The van der Waals surface area contributed by atoms with Crippen molar-refractivity contribution in [2.75, 3.05) is 6.61 Å². The quantitative estimate of drug-likeness (QED) is 0.205. The van der Waals surface area contributed by atoms with Crippen LogP contribution in [-0.4, -0.2) is 47.6 Å². The molecular weight excluding hydrogens is 532 g/mol. The zero-order valence-electron chi connectivity index (χ0n) is 23.1. The molecule has 1 heterocycles. The molecule has 3 rings (SSSR count). The molecule has 0 aliphatic rings. The molecule has 40 heavy (non-hydrogen) atoms. The van der Waals surface area contributed by atoms with Crippen molar-refractivity contribution in [2.45, 2.75) is 75.5 Å². The lowest BCUT2D eigenvalue weighted by Gasteiger charge is -2.19. The predicted octanol–water partition coefficient (Wildman–Crippen LogP) is 5.21. The Bertz CT molecular complexity index is 1360. The van der Waals surface area contributed by atoms with E-state index in [1.54, 1.807) is 12.1 Å². The number of hydrogen-bond acceptors (Lipinski definition) is 8. The van der Waals surface area contributed by atoms with E-state index in [0.29, 0.717) is 25.2 Å². The van der Waals surface area contributed by atoms with Crippen LogP contribution in [0, 0.1) is 0 Å². The van der Waals surface area contributed by atoms with Gasteiger partial charge < -0.3 is 14.6 Å². The van der Waals surface area contributed by atoms with Crippen LogP contribution in [0.2, 0.25) is 0 Å². The fraction of sp³-hybridized carbons (Fsp3) is 0.400. The SMILES string of the molecule is CC(C)(C)OC(=O)CCCCCc1ccc(CCOc2ccc(S(=O)(=O)Cc3ncc(C(=O)O)cn3)cc2)cc1. The Morgan fingerprint density at radius 2 is 1.45 bits per heavy atom. The highest BCUT2D eigenvalue weighted by Gasteiger charge is 2.18. The van der Waals surface area contributed by atoms with E-state index < -0.39 is 27.2 Å². The molecule has 214 valence electrons. The molecule has 0 aliphatic carbocycles. The minimum absolute atomic E-state index is 0.0227. The normalized spacial score (nSPS) is 11.7. The minimum atomic E-state index is -3.70. The summed E-state index contributed by atoms with van der Waals surface area (Å²) in [6, 6.07) is 14.5. The van der Waals surface area contributed by atoms with Gasteiger partial charge in [0.2, 0.25) is 0 Å². The third kappa shape index (κ3) is 10.4. The number of aromatic carboxylic acids is 1. The summed E-state index contributed by atoms with van der Waals surface area (Å²) in [7, 11) is -3.70. The Hall–Kier alpha value is -3.79. The second-order valence-corrected chi connectivity index (χ2v) is 12.5. The van der Waals surface area contributed by atoms with E-state index in [-0.39, 0.29) is 22.3 Å². The number of sulfone groups is 1. The number of carbonyl (C=O) groups is 2. The summed E-state index contributed by atoms with van der Waals surface area (Å²) in [5.74, 6) is -1.17. The summed E-state index contributed by atoms with van der Waals surface area (Å²) in [5.41, 5.74) is 1.85. The molecule has 0 amide bonds. The van der Waals surface area contributed by atoms with Crippen molar-refractivity contribution in [1.29, 1.82) is 0 Å². The number of benzene rings is 2. The molecule has 10 heteroatoms. The number of ether oxygens (including phenoxy) is 2. The zero-order valence-corrected chi connectivity index (χ0v) is 23.9. The number of esters is 1. The summed E-state index contributed by atoms with van der Waals surface area (Å²) in [4.78, 5) is 30.4. The standard InChI is InChI=1S/C30H36N2O7S/c1-30(2,3)39-28(33)8-6-4-5-7-22-9-11-23(12-10-22)17-18-38-25-13-15-26(16-14-25)40(36,37)21-27-31-19-24(20-32-27)29(34)35/h9-16,19-20H,4-8,17-18,21H2,1-3H3,(H,34,35). The second kappa shape index (κ2) is 14.0. The highest BCUT2D eigenvalue weighted by molar-refractivity contribution is 7.90. The molecule has 0 saturated carbocycles. The van der Waals surface area contributed by atoms with Gasteiger partial charge in [-0.1, -0.05) is 30.7 Å². The molecule has 9 nitrogen and oxygen atoms in total. The van der Waals surface area contributed by atoms with E-state index in [9.17, 15) is 18.0 Å². The van der Waals surface area contributed by atoms with E-state index >= 15 is 0 Å². The maximum atomic E-state index is 12.7. The van der Waals surface area contributed by atoms with Gasteiger partial charge in [-0.3, -0.25) is 4.79 Å². The van der Waals surface area contributed by atoms with Crippen molar-refractivity contribution >= 4 is 21.8 Å². The van der Waals surface area contributed by atoms with E-state index in [1.807, 2.05) is 20.8 Å². The lowest BCUT2D eigenvalue weighted by Crippen LogP contribution is -2.23. The molecule has 1 aromatic heterocycles. The van der Waals surface area contributed by atoms with Crippen LogP contribution in [0.4, 0.5) is 0 Å². The molecule has 0 radical (unpaired) electrons. The first kappa shape index (κ1) is 30.7. The number of carboxylic acid groups (broad SMARTS) is 1. The van der Waals surface area contributed by atoms with Crippen molar-refractivity contribution in [2.24, 2.45) is 0 Å². The molecule has 0 bridgehead atoms. The summed E-state index contributed by atoms with van der Waals surface area (Å²) < 4.78 is 36.5. The molecule has 0 aliphatic heterocycles. The van der Waals surface area contributed by atoms with Gasteiger partial charge in [0.15, 0.2) is 9.84 Å². The number of aryl methyl sites for hydroxylation is 1. The van der Waals surface area contributed by atoms with Crippen molar-refractivity contribution < 1.29 is 32.6 Å². The second-order valence-electron chi connectivity index (χ2n) is 10.5. The van der Waals surface area contributed by atoms with Gasteiger partial charge in [-0.15, -0.1) is 0 Å². The van der Waals surface area contributed by atoms with E-state index in [2.05, 4.69) is 34.2 Å². The van der Waals surface area contributed by atoms with Gasteiger partial charge in [-0.2, -0.15) is 0 Å². The number of unbranched alkanes of at least 4 members (excludes halogenated alkanes) is 2. The summed E-state index contributed by atoms with van der Waals surface area (Å²) in [6.45, 7) is 6.07. The van der Waals surface area contributed by atoms with Crippen LogP contribution in [0.5, 0.6) is 5.75 Å². The average molecular weight is 569 g/mol. The molecule has 0 saturated heterocycles. The van der Waals surface area contributed by atoms with E-state index in [4.69, 9.17) is 14.6 Å². The van der Waals surface area contributed by atoms with Gasteiger partial charge in [0.1, 0.15) is 22.9 Å². The van der Waals surface area contributed by atoms with Crippen LogP contribution in [0.1, 0.15) is 73.8 Å². The third-order valence-electron chi connectivity index (χ3n) is 5.90. The smallest absolute Gasteiger partial charge is 0.338 e. The molecular formula is C30H36N2O7S. The zero-order chi connectivity index (χ0) is 29.2. The van der Waals surface area contributed by atoms with Crippen LogP contribution in [-0.2, 0) is 38.0 Å². The van der Waals surface area contributed by atoms with Crippen LogP contribution in [0.15, 0.2) is 65.8 Å². The predicted molar refractivity (Wildman–Crippen MR) is 150 cm³/mol. The first-order chi connectivity index (χ1) is 18.9. The van der Waals surface area contributed by atoms with Gasteiger partial charge in [-0.05, 0) is 75.4 Å².